The summed E-state index contributed by atoms with van der Waals surface area (Å²) in [6, 6.07) is 6.61. The summed E-state index contributed by atoms with van der Waals surface area (Å²) in [5.41, 5.74) is 2.07. The lowest BCUT2D eigenvalue weighted by atomic mass is 10.0. The first kappa shape index (κ1) is 15.8. The van der Waals surface area contributed by atoms with Crippen molar-refractivity contribution in [2.75, 3.05) is 0 Å². The van der Waals surface area contributed by atoms with Crippen LogP contribution in [0.4, 0.5) is 0 Å². The monoisotopic (exact) mass is 329 g/mol. The van der Waals surface area contributed by atoms with Crippen molar-refractivity contribution in [1.29, 1.82) is 0 Å². The number of nitrogens with zero attached hydrogens (tertiary/aromatic N) is 1. The minimum atomic E-state index is -1.74. The highest BCUT2D eigenvalue weighted by molar-refractivity contribution is 6.11. The molecule has 0 amide bonds. The molecule has 2 aromatic rings. The number of hydrogen-bond donors (Lipinski definition) is 2. The molecule has 0 radical (unpaired) electrons. The van der Waals surface area contributed by atoms with Crippen molar-refractivity contribution in [3.63, 3.8) is 0 Å². The molecule has 0 atom stereocenters. The third kappa shape index (κ3) is 2.34. The number of benzene rings is 1. The number of ketones is 1. The number of carbonyl (C=O) groups excluding carboxylic acids is 1. The summed E-state index contributed by atoms with van der Waals surface area (Å²) in [4.78, 5) is 35.4. The van der Waals surface area contributed by atoms with Crippen molar-refractivity contribution in [2.45, 2.75) is 19.4 Å². The van der Waals surface area contributed by atoms with E-state index in [4.69, 9.17) is 4.74 Å². The summed E-state index contributed by atoms with van der Waals surface area (Å²) in [6.45, 7) is 1.95. The van der Waals surface area contributed by atoms with E-state index in [1.165, 1.54) is 17.7 Å². The van der Waals surface area contributed by atoms with Gasteiger partial charge >= 0.3 is 11.9 Å². The smallest absolute Gasteiger partial charge is 0.324 e. The average molecular weight is 329 g/mol. The molecule has 0 spiro atoms. The first-order valence-corrected chi connectivity index (χ1v) is 7.23. The van der Waals surface area contributed by atoms with E-state index in [0.29, 0.717) is 16.9 Å². The highest BCUT2D eigenvalue weighted by Gasteiger charge is 2.35. The Balaban J connectivity index is 2.16. The Labute approximate surface area is 137 Å². The molecule has 0 saturated carbocycles. The minimum absolute atomic E-state index is 0.0347. The normalized spacial score (nSPS) is 13.0. The number of rotatable bonds is 3. The van der Waals surface area contributed by atoms with E-state index in [1.54, 1.807) is 18.2 Å². The van der Waals surface area contributed by atoms with Gasteiger partial charge in [-0.25, -0.2) is 0 Å². The van der Waals surface area contributed by atoms with E-state index in [1.807, 2.05) is 6.92 Å². The lowest BCUT2D eigenvalue weighted by Gasteiger charge is -2.11. The molecular formula is C17H15NO6. The Bertz CT molecular complexity index is 865. The lowest BCUT2D eigenvalue weighted by Crippen LogP contribution is -2.24. The molecule has 124 valence electrons. The summed E-state index contributed by atoms with van der Waals surface area (Å²) in [5.74, 6) is -4.57. The molecule has 1 aliphatic heterocycles. The van der Waals surface area contributed by atoms with E-state index in [-0.39, 0.29) is 23.8 Å². The number of hydrogen-bond acceptors (Lipinski definition) is 4. The first-order chi connectivity index (χ1) is 11.3. The highest BCUT2D eigenvalue weighted by atomic mass is 16.5. The summed E-state index contributed by atoms with van der Waals surface area (Å²) < 4.78 is 7.00. The third-order valence-corrected chi connectivity index (χ3v) is 4.12. The molecular weight excluding hydrogens is 314 g/mol. The Hall–Kier alpha value is -3.09. The zero-order valence-corrected chi connectivity index (χ0v) is 13.1. The van der Waals surface area contributed by atoms with Gasteiger partial charge in [0.15, 0.2) is 5.92 Å². The maximum Gasteiger partial charge on any atom is 0.324 e. The van der Waals surface area contributed by atoms with Crippen LogP contribution in [0.25, 0.3) is 0 Å². The Morgan fingerprint density at radius 2 is 1.88 bits per heavy atom. The first-order valence-electron chi connectivity index (χ1n) is 7.23. The van der Waals surface area contributed by atoms with Crippen molar-refractivity contribution in [1.82, 2.24) is 4.57 Å². The van der Waals surface area contributed by atoms with Crippen LogP contribution in [0.15, 0.2) is 24.3 Å². The van der Waals surface area contributed by atoms with Gasteiger partial charge in [-0.05, 0) is 30.7 Å². The molecule has 7 heteroatoms. The zero-order valence-electron chi connectivity index (χ0n) is 13.1. The maximum atomic E-state index is 12.8. The van der Waals surface area contributed by atoms with E-state index in [9.17, 15) is 24.6 Å². The molecule has 0 aliphatic carbocycles. The second kappa shape index (κ2) is 5.52. The van der Waals surface area contributed by atoms with Crippen molar-refractivity contribution in [2.24, 2.45) is 7.05 Å². The fourth-order valence-corrected chi connectivity index (χ4v) is 2.95. The van der Waals surface area contributed by atoms with Gasteiger partial charge in [-0.3, -0.25) is 14.4 Å². The summed E-state index contributed by atoms with van der Waals surface area (Å²) in [7, 11) is 1.49. The predicted octanol–water partition coefficient (Wildman–Crippen LogP) is 1.71. The Morgan fingerprint density at radius 3 is 2.50 bits per heavy atom. The summed E-state index contributed by atoms with van der Waals surface area (Å²) in [5, 5.41) is 18.4. The van der Waals surface area contributed by atoms with Crippen molar-refractivity contribution in [3.8, 4) is 5.75 Å². The third-order valence-electron chi connectivity index (χ3n) is 4.12. The van der Waals surface area contributed by atoms with Gasteiger partial charge in [0.1, 0.15) is 12.4 Å². The van der Waals surface area contributed by atoms with Gasteiger partial charge < -0.3 is 19.5 Å². The summed E-state index contributed by atoms with van der Waals surface area (Å²) in [6.07, 6.45) is 0. The molecule has 1 aromatic heterocycles. The number of fused-ring (bicyclic) bond motifs is 2. The Kier molecular flexibility index (Phi) is 3.63. The number of carbonyl (C=O) groups is 3. The highest BCUT2D eigenvalue weighted by Crippen LogP contribution is 2.32. The molecule has 1 aliphatic rings. The van der Waals surface area contributed by atoms with Crippen molar-refractivity contribution in [3.05, 3.63) is 52.3 Å². The molecule has 3 rings (SSSR count). The van der Waals surface area contributed by atoms with Crippen LogP contribution >= 0.6 is 0 Å². The molecule has 0 bridgehead atoms. The van der Waals surface area contributed by atoms with Gasteiger partial charge in [0.05, 0.1) is 11.3 Å². The van der Waals surface area contributed by atoms with E-state index >= 15 is 0 Å². The van der Waals surface area contributed by atoms with E-state index in [2.05, 4.69) is 0 Å². The fraction of sp³-hybridized carbons (Fsp3) is 0.235. The second-order valence-electron chi connectivity index (χ2n) is 5.73. The van der Waals surface area contributed by atoms with Gasteiger partial charge in [0, 0.05) is 18.3 Å². The Morgan fingerprint density at radius 1 is 1.21 bits per heavy atom. The lowest BCUT2D eigenvalue weighted by molar-refractivity contribution is -0.150. The molecule has 7 nitrogen and oxygen atoms in total. The standard InChI is InChI=1S/C17H15NO6/c1-8-3-4-10-12(5-8)24-7-9-6-11(13(16(20)21)17(22)23)18(2)14(9)15(10)19/h3-6,13H,7H2,1-2H3,(H,20,21)(H,22,23). The molecule has 1 aromatic carbocycles. The van der Waals surface area contributed by atoms with Gasteiger partial charge in [0.2, 0.25) is 5.78 Å². The topological polar surface area (TPSA) is 106 Å². The van der Waals surface area contributed by atoms with Gasteiger partial charge in [-0.15, -0.1) is 0 Å². The molecule has 2 heterocycles. The van der Waals surface area contributed by atoms with Crippen LogP contribution < -0.4 is 4.74 Å². The van der Waals surface area contributed by atoms with Crippen LogP contribution in [-0.2, 0) is 23.2 Å². The fourth-order valence-electron chi connectivity index (χ4n) is 2.95. The average Bonchev–Trinajstić information content (AvgIpc) is 2.73. The predicted molar refractivity (Wildman–Crippen MR) is 82.4 cm³/mol. The van der Waals surface area contributed by atoms with Crippen LogP contribution in [0, 0.1) is 6.92 Å². The summed E-state index contributed by atoms with van der Waals surface area (Å²) >= 11 is 0. The minimum Gasteiger partial charge on any atom is -0.488 e. The van der Waals surface area contributed by atoms with Crippen LogP contribution in [0.5, 0.6) is 5.75 Å². The second-order valence-corrected chi connectivity index (χ2v) is 5.73. The largest absolute Gasteiger partial charge is 0.488 e. The maximum absolute atomic E-state index is 12.8. The molecule has 0 unspecified atom stereocenters. The quantitative estimate of drug-likeness (QED) is 0.830. The number of aliphatic carboxylic acids is 2. The van der Waals surface area contributed by atoms with E-state index in [0.717, 1.165) is 5.56 Å². The number of aryl methyl sites for hydroxylation is 1. The van der Waals surface area contributed by atoms with Gasteiger partial charge in [-0.2, -0.15) is 0 Å². The molecule has 0 fully saturated rings. The van der Waals surface area contributed by atoms with Crippen molar-refractivity contribution >= 4 is 17.7 Å². The van der Waals surface area contributed by atoms with E-state index < -0.39 is 17.9 Å². The molecule has 2 N–H and O–H groups in total. The number of carboxylic acid groups (broad SMARTS) is 2. The zero-order chi connectivity index (χ0) is 17.6. The van der Waals surface area contributed by atoms with Gasteiger partial charge in [-0.1, -0.05) is 6.07 Å². The van der Waals surface area contributed by atoms with Crippen LogP contribution in [0.1, 0.15) is 38.8 Å². The van der Waals surface area contributed by atoms with Crippen LogP contribution in [-0.4, -0.2) is 32.5 Å². The molecule has 0 saturated heterocycles. The van der Waals surface area contributed by atoms with Crippen LogP contribution in [0.3, 0.4) is 0 Å². The number of ether oxygens (including phenoxy) is 1. The van der Waals surface area contributed by atoms with Gasteiger partial charge in [0.25, 0.3) is 0 Å². The number of aromatic nitrogens is 1. The number of carboxylic acids is 2. The van der Waals surface area contributed by atoms with Crippen LogP contribution in [0.2, 0.25) is 0 Å². The molecule has 24 heavy (non-hydrogen) atoms. The SMILES string of the molecule is Cc1ccc2c(c1)OCc1cc(C(C(=O)O)C(=O)O)n(C)c1C2=O. The van der Waals surface area contributed by atoms with Crippen molar-refractivity contribution < 1.29 is 29.3 Å².